The van der Waals surface area contributed by atoms with Crippen LogP contribution in [0.2, 0.25) is 0 Å². The maximum Gasteiger partial charge on any atom is 0.265 e. The van der Waals surface area contributed by atoms with E-state index >= 15 is 0 Å². The van der Waals surface area contributed by atoms with Gasteiger partial charge in [0.2, 0.25) is 0 Å². The normalized spacial score (nSPS) is 11.8. The van der Waals surface area contributed by atoms with E-state index in [0.29, 0.717) is 11.4 Å². The van der Waals surface area contributed by atoms with E-state index in [4.69, 9.17) is 4.74 Å². The van der Waals surface area contributed by atoms with Crippen molar-refractivity contribution in [2.24, 2.45) is 0 Å². The van der Waals surface area contributed by atoms with Gasteiger partial charge < -0.3 is 15.2 Å². The quantitative estimate of drug-likeness (QED) is 0.905. The second-order valence-electron chi connectivity index (χ2n) is 5.02. The molecule has 2 rings (SSSR count). The summed E-state index contributed by atoms with van der Waals surface area (Å²) in [6, 6.07) is 12.6. The van der Waals surface area contributed by atoms with Gasteiger partial charge in [-0.05, 0) is 44.0 Å². The minimum atomic E-state index is -0.630. The Bertz CT molecular complexity index is 652. The number of rotatable bonds is 4. The van der Waals surface area contributed by atoms with E-state index in [0.717, 1.165) is 11.1 Å². The molecule has 0 radical (unpaired) electrons. The lowest BCUT2D eigenvalue weighted by Crippen LogP contribution is -2.30. The molecule has 2 aromatic carbocycles. The van der Waals surface area contributed by atoms with Crippen molar-refractivity contribution in [2.45, 2.75) is 26.9 Å². The van der Waals surface area contributed by atoms with Crippen LogP contribution in [0.25, 0.3) is 0 Å². The number of para-hydroxylation sites is 1. The third kappa shape index (κ3) is 3.75. The Hall–Kier alpha value is -2.49. The van der Waals surface area contributed by atoms with Crippen LogP contribution in [-0.4, -0.2) is 17.1 Å². The summed E-state index contributed by atoms with van der Waals surface area (Å²) >= 11 is 0. The van der Waals surface area contributed by atoms with Crippen molar-refractivity contribution in [3.63, 3.8) is 0 Å². The second kappa shape index (κ2) is 6.31. The first kappa shape index (κ1) is 14.9. The standard InChI is InChI=1S/C17H19NO3/c1-11-8-9-14(10-15(11)19)18-17(20)13(3)21-16-7-5-4-6-12(16)2/h4-10,13,19H,1-3H3,(H,18,20). The lowest BCUT2D eigenvalue weighted by atomic mass is 10.2. The monoisotopic (exact) mass is 285 g/mol. The number of nitrogens with one attached hydrogen (secondary N) is 1. The van der Waals surface area contributed by atoms with Crippen LogP contribution in [0.1, 0.15) is 18.1 Å². The molecule has 0 aliphatic heterocycles. The first-order valence-electron chi connectivity index (χ1n) is 6.80. The molecule has 1 amide bonds. The van der Waals surface area contributed by atoms with Gasteiger partial charge in [-0.1, -0.05) is 24.3 Å². The van der Waals surface area contributed by atoms with Gasteiger partial charge in [0.25, 0.3) is 5.91 Å². The second-order valence-corrected chi connectivity index (χ2v) is 5.02. The van der Waals surface area contributed by atoms with Gasteiger partial charge in [-0.25, -0.2) is 0 Å². The summed E-state index contributed by atoms with van der Waals surface area (Å²) in [5.41, 5.74) is 2.28. The number of aromatic hydroxyl groups is 1. The minimum absolute atomic E-state index is 0.153. The fourth-order valence-corrected chi connectivity index (χ4v) is 1.86. The zero-order chi connectivity index (χ0) is 15.4. The maximum atomic E-state index is 12.1. The molecule has 0 bridgehead atoms. The van der Waals surface area contributed by atoms with Crippen LogP contribution in [0, 0.1) is 13.8 Å². The molecule has 0 fully saturated rings. The summed E-state index contributed by atoms with van der Waals surface area (Å²) < 4.78 is 5.66. The van der Waals surface area contributed by atoms with Gasteiger partial charge in [0.15, 0.2) is 6.10 Å². The highest BCUT2D eigenvalue weighted by Crippen LogP contribution is 2.22. The summed E-state index contributed by atoms with van der Waals surface area (Å²) in [5.74, 6) is 0.577. The fourth-order valence-electron chi connectivity index (χ4n) is 1.86. The molecule has 21 heavy (non-hydrogen) atoms. The molecule has 1 atom stereocenters. The van der Waals surface area contributed by atoms with Crippen molar-refractivity contribution in [2.75, 3.05) is 5.32 Å². The summed E-state index contributed by atoms with van der Waals surface area (Å²) in [7, 11) is 0. The predicted molar refractivity (Wildman–Crippen MR) is 82.7 cm³/mol. The number of ether oxygens (including phenoxy) is 1. The molecule has 0 aliphatic carbocycles. The van der Waals surface area contributed by atoms with Crippen molar-refractivity contribution in [3.05, 3.63) is 53.6 Å². The molecule has 4 nitrogen and oxygen atoms in total. The topological polar surface area (TPSA) is 58.6 Å². The Labute approximate surface area is 124 Å². The van der Waals surface area contributed by atoms with E-state index in [1.807, 2.05) is 31.2 Å². The highest BCUT2D eigenvalue weighted by Gasteiger charge is 2.16. The molecule has 0 saturated carbocycles. The van der Waals surface area contributed by atoms with Crippen LogP contribution < -0.4 is 10.1 Å². The molecule has 0 saturated heterocycles. The summed E-state index contributed by atoms with van der Waals surface area (Å²) in [5, 5.41) is 12.4. The first-order valence-corrected chi connectivity index (χ1v) is 6.80. The molecule has 0 spiro atoms. The number of benzene rings is 2. The van der Waals surface area contributed by atoms with Crippen LogP contribution in [0.5, 0.6) is 11.5 Å². The number of phenolic OH excluding ortho intramolecular Hbond substituents is 1. The van der Waals surface area contributed by atoms with Gasteiger partial charge in [-0.2, -0.15) is 0 Å². The first-order chi connectivity index (χ1) is 9.97. The molecule has 0 aliphatic rings. The van der Waals surface area contributed by atoms with Gasteiger partial charge in [-0.3, -0.25) is 4.79 Å². The number of phenols is 1. The van der Waals surface area contributed by atoms with E-state index in [2.05, 4.69) is 5.32 Å². The van der Waals surface area contributed by atoms with Crippen LogP contribution in [0.4, 0.5) is 5.69 Å². The smallest absolute Gasteiger partial charge is 0.265 e. The molecular formula is C17H19NO3. The zero-order valence-corrected chi connectivity index (χ0v) is 12.4. The van der Waals surface area contributed by atoms with Crippen molar-refractivity contribution in [3.8, 4) is 11.5 Å². The third-order valence-electron chi connectivity index (χ3n) is 3.24. The van der Waals surface area contributed by atoms with Crippen LogP contribution in [-0.2, 0) is 4.79 Å². The molecule has 2 aromatic rings. The van der Waals surface area contributed by atoms with Gasteiger partial charge in [-0.15, -0.1) is 0 Å². The minimum Gasteiger partial charge on any atom is -0.508 e. The Morgan fingerprint density at radius 3 is 2.52 bits per heavy atom. The highest BCUT2D eigenvalue weighted by molar-refractivity contribution is 5.94. The van der Waals surface area contributed by atoms with E-state index < -0.39 is 6.10 Å². The van der Waals surface area contributed by atoms with E-state index in [1.54, 1.807) is 26.0 Å². The predicted octanol–water partition coefficient (Wildman–Crippen LogP) is 3.42. The summed E-state index contributed by atoms with van der Waals surface area (Å²) in [6.45, 7) is 5.42. The molecule has 2 N–H and O–H groups in total. The van der Waals surface area contributed by atoms with Crippen molar-refractivity contribution in [1.82, 2.24) is 0 Å². The Morgan fingerprint density at radius 1 is 1.14 bits per heavy atom. The lowest BCUT2D eigenvalue weighted by molar-refractivity contribution is -0.122. The van der Waals surface area contributed by atoms with Crippen LogP contribution >= 0.6 is 0 Å². The molecule has 0 heterocycles. The van der Waals surface area contributed by atoms with Crippen LogP contribution in [0.3, 0.4) is 0 Å². The SMILES string of the molecule is Cc1ccc(NC(=O)C(C)Oc2ccccc2C)cc1O. The fraction of sp³-hybridized carbons (Fsp3) is 0.235. The van der Waals surface area contributed by atoms with Gasteiger partial charge >= 0.3 is 0 Å². The van der Waals surface area contributed by atoms with Crippen molar-refractivity contribution < 1.29 is 14.6 Å². The molecule has 1 unspecified atom stereocenters. The van der Waals surface area contributed by atoms with Crippen molar-refractivity contribution >= 4 is 11.6 Å². The highest BCUT2D eigenvalue weighted by atomic mass is 16.5. The third-order valence-corrected chi connectivity index (χ3v) is 3.24. The average molecular weight is 285 g/mol. The number of amides is 1. The van der Waals surface area contributed by atoms with E-state index in [1.165, 1.54) is 6.07 Å². The molecular weight excluding hydrogens is 266 g/mol. The Balaban J connectivity index is 2.02. The number of anilines is 1. The average Bonchev–Trinajstić information content (AvgIpc) is 2.45. The maximum absolute atomic E-state index is 12.1. The number of carbonyl (C=O) groups is 1. The van der Waals surface area contributed by atoms with E-state index in [9.17, 15) is 9.90 Å². The Morgan fingerprint density at radius 2 is 1.86 bits per heavy atom. The summed E-state index contributed by atoms with van der Waals surface area (Å²) in [6.07, 6.45) is -0.630. The zero-order valence-electron chi connectivity index (χ0n) is 12.4. The van der Waals surface area contributed by atoms with Crippen molar-refractivity contribution in [1.29, 1.82) is 0 Å². The van der Waals surface area contributed by atoms with Gasteiger partial charge in [0.1, 0.15) is 11.5 Å². The number of hydrogen-bond donors (Lipinski definition) is 2. The Kier molecular flexibility index (Phi) is 4.48. The van der Waals surface area contributed by atoms with E-state index in [-0.39, 0.29) is 11.7 Å². The molecule has 0 aromatic heterocycles. The number of aryl methyl sites for hydroxylation is 2. The van der Waals surface area contributed by atoms with Crippen LogP contribution in [0.15, 0.2) is 42.5 Å². The summed E-state index contributed by atoms with van der Waals surface area (Å²) in [4.78, 5) is 12.1. The molecule has 4 heteroatoms. The molecule has 110 valence electrons. The number of hydrogen-bond acceptors (Lipinski definition) is 3. The van der Waals surface area contributed by atoms with Gasteiger partial charge in [0, 0.05) is 11.8 Å². The largest absolute Gasteiger partial charge is 0.508 e. The number of carbonyl (C=O) groups excluding carboxylic acids is 1. The lowest BCUT2D eigenvalue weighted by Gasteiger charge is -2.16. The van der Waals surface area contributed by atoms with Gasteiger partial charge in [0.05, 0.1) is 0 Å².